The predicted molar refractivity (Wildman–Crippen MR) is 175 cm³/mol. The molecule has 2 heterocycles. The molecule has 5 rings (SSSR count). The van der Waals surface area contributed by atoms with Gasteiger partial charge in [0.05, 0.1) is 11.3 Å². The van der Waals surface area contributed by atoms with Crippen LogP contribution in [-0.2, 0) is 11.3 Å². The standard InChI is InChI=1S/C34H40FN7O3/c1-22(28-20-37-29-8-6-5-7-26(28)29)31(33(44)38-30-19-23(21-40(3)4)9-14-27(30)32(43)36-2)39-34(45)42-17-15-41(16-18-42)25-12-10-24(35)11-13-25/h5-14,19-20,22,31,37H,15-18,21H2,1-4H3,(H,36,43)(H,38,44)(H,39,45)/t22-,31+/m0/s1. The number of anilines is 2. The van der Waals surface area contributed by atoms with Crippen LogP contribution >= 0.6 is 0 Å². The van der Waals surface area contributed by atoms with E-state index in [1.54, 1.807) is 36.2 Å². The summed E-state index contributed by atoms with van der Waals surface area (Å²) in [4.78, 5) is 49.6. The maximum Gasteiger partial charge on any atom is 0.318 e. The number of carbonyl (C=O) groups is 3. The summed E-state index contributed by atoms with van der Waals surface area (Å²) in [7, 11) is 5.43. The molecule has 2 atom stereocenters. The van der Waals surface area contributed by atoms with Crippen molar-refractivity contribution in [2.24, 2.45) is 0 Å². The SMILES string of the molecule is CNC(=O)c1ccc(CN(C)C)cc1NC(=O)[C@H](NC(=O)N1CCN(c2ccc(F)cc2)CC1)[C@@H](C)c1c[nH]c2ccccc12. The van der Waals surface area contributed by atoms with E-state index < -0.39 is 17.9 Å². The Bertz CT molecular complexity index is 1660. The lowest BCUT2D eigenvalue weighted by molar-refractivity contribution is -0.118. The molecule has 1 saturated heterocycles. The average molecular weight is 614 g/mol. The Kier molecular flexibility index (Phi) is 9.68. The van der Waals surface area contributed by atoms with E-state index in [-0.39, 0.29) is 17.8 Å². The third kappa shape index (κ3) is 7.26. The second-order valence-corrected chi connectivity index (χ2v) is 11.6. The minimum Gasteiger partial charge on any atom is -0.368 e. The molecule has 236 valence electrons. The van der Waals surface area contributed by atoms with Gasteiger partial charge >= 0.3 is 6.03 Å². The van der Waals surface area contributed by atoms with Gasteiger partial charge in [-0.05, 0) is 67.7 Å². The van der Waals surface area contributed by atoms with Gasteiger partial charge in [-0.15, -0.1) is 0 Å². The number of rotatable bonds is 9. The molecule has 3 aromatic carbocycles. The second-order valence-electron chi connectivity index (χ2n) is 11.6. The Labute approximate surface area is 262 Å². The molecular formula is C34H40FN7O3. The summed E-state index contributed by atoms with van der Waals surface area (Å²) in [5.41, 5.74) is 4.34. The van der Waals surface area contributed by atoms with Crippen LogP contribution in [0.2, 0.25) is 0 Å². The molecule has 0 bridgehead atoms. The number of aromatic nitrogens is 1. The zero-order valence-corrected chi connectivity index (χ0v) is 26.1. The van der Waals surface area contributed by atoms with Gasteiger partial charge in [-0.3, -0.25) is 9.59 Å². The molecule has 1 aliphatic rings. The molecular weight excluding hydrogens is 573 g/mol. The topological polar surface area (TPSA) is 113 Å². The number of halogens is 1. The van der Waals surface area contributed by atoms with E-state index in [0.717, 1.165) is 27.7 Å². The van der Waals surface area contributed by atoms with Gasteiger partial charge in [0.1, 0.15) is 11.9 Å². The Balaban J connectivity index is 1.39. The highest BCUT2D eigenvalue weighted by atomic mass is 19.1. The van der Waals surface area contributed by atoms with Crippen LogP contribution < -0.4 is 20.9 Å². The lowest BCUT2D eigenvalue weighted by Gasteiger charge is -2.37. The van der Waals surface area contributed by atoms with Crippen LogP contribution in [0.5, 0.6) is 0 Å². The molecule has 4 amide bonds. The van der Waals surface area contributed by atoms with Crippen molar-refractivity contribution in [3.05, 3.63) is 95.4 Å². The van der Waals surface area contributed by atoms with E-state index in [1.165, 1.54) is 12.1 Å². The largest absolute Gasteiger partial charge is 0.368 e. The van der Waals surface area contributed by atoms with Gasteiger partial charge < -0.3 is 35.6 Å². The van der Waals surface area contributed by atoms with Crippen molar-refractivity contribution in [1.29, 1.82) is 0 Å². The molecule has 1 aliphatic heterocycles. The highest BCUT2D eigenvalue weighted by molar-refractivity contribution is 6.06. The molecule has 10 nitrogen and oxygen atoms in total. The maximum absolute atomic E-state index is 14.1. The lowest BCUT2D eigenvalue weighted by atomic mass is 9.92. The number of nitrogens with one attached hydrogen (secondary N) is 4. The number of amides is 4. The molecule has 0 unspecified atom stereocenters. The molecule has 0 saturated carbocycles. The molecule has 45 heavy (non-hydrogen) atoms. The molecule has 11 heteroatoms. The van der Waals surface area contributed by atoms with Crippen LogP contribution in [0.25, 0.3) is 10.9 Å². The van der Waals surface area contributed by atoms with Crippen molar-refractivity contribution in [1.82, 2.24) is 25.4 Å². The number of nitrogens with zero attached hydrogens (tertiary/aromatic N) is 3. The number of aromatic amines is 1. The Morgan fingerprint density at radius 2 is 1.69 bits per heavy atom. The zero-order valence-electron chi connectivity index (χ0n) is 26.1. The number of para-hydroxylation sites is 1. The van der Waals surface area contributed by atoms with E-state index in [9.17, 15) is 18.8 Å². The van der Waals surface area contributed by atoms with E-state index in [2.05, 4.69) is 25.8 Å². The Morgan fingerprint density at radius 1 is 0.978 bits per heavy atom. The number of fused-ring (bicyclic) bond motifs is 1. The van der Waals surface area contributed by atoms with Gasteiger partial charge in [-0.25, -0.2) is 9.18 Å². The summed E-state index contributed by atoms with van der Waals surface area (Å²) < 4.78 is 13.4. The molecule has 4 aromatic rings. The lowest BCUT2D eigenvalue weighted by Crippen LogP contribution is -2.56. The van der Waals surface area contributed by atoms with Crippen LogP contribution in [-0.4, -0.2) is 86.0 Å². The van der Waals surface area contributed by atoms with Crippen molar-refractivity contribution >= 4 is 40.1 Å². The van der Waals surface area contributed by atoms with E-state index in [1.807, 2.05) is 62.4 Å². The van der Waals surface area contributed by atoms with Crippen molar-refractivity contribution in [2.45, 2.75) is 25.4 Å². The Hall–Kier alpha value is -4.90. The summed E-state index contributed by atoms with van der Waals surface area (Å²) in [5, 5.41) is 9.59. The number of carbonyl (C=O) groups excluding carboxylic acids is 3. The number of H-pyrrole nitrogens is 1. The Morgan fingerprint density at radius 3 is 2.38 bits per heavy atom. The summed E-state index contributed by atoms with van der Waals surface area (Å²) in [6, 6.07) is 18.2. The molecule has 1 aromatic heterocycles. The fourth-order valence-electron chi connectivity index (χ4n) is 5.81. The fourth-order valence-corrected chi connectivity index (χ4v) is 5.81. The summed E-state index contributed by atoms with van der Waals surface area (Å²) in [5.74, 6) is -1.47. The van der Waals surface area contributed by atoms with Crippen LogP contribution in [0, 0.1) is 5.82 Å². The first-order valence-electron chi connectivity index (χ1n) is 15.1. The van der Waals surface area contributed by atoms with E-state index in [4.69, 9.17) is 0 Å². The van der Waals surface area contributed by atoms with Crippen molar-refractivity contribution < 1.29 is 18.8 Å². The predicted octanol–water partition coefficient (Wildman–Crippen LogP) is 4.37. The van der Waals surface area contributed by atoms with Gasteiger partial charge in [-0.1, -0.05) is 31.2 Å². The smallest absolute Gasteiger partial charge is 0.318 e. The van der Waals surface area contributed by atoms with Crippen molar-refractivity contribution in [3.63, 3.8) is 0 Å². The molecule has 0 radical (unpaired) electrons. The maximum atomic E-state index is 14.1. The van der Waals surface area contributed by atoms with Crippen molar-refractivity contribution in [3.8, 4) is 0 Å². The van der Waals surface area contributed by atoms with Crippen LogP contribution in [0.3, 0.4) is 0 Å². The third-order valence-corrected chi connectivity index (χ3v) is 8.24. The number of urea groups is 1. The quantitative estimate of drug-likeness (QED) is 0.224. The van der Waals surface area contributed by atoms with Gasteiger partial charge in [0.15, 0.2) is 0 Å². The monoisotopic (exact) mass is 613 g/mol. The minimum absolute atomic E-state index is 0.294. The summed E-state index contributed by atoms with van der Waals surface area (Å²) in [6.45, 7) is 4.55. The summed E-state index contributed by atoms with van der Waals surface area (Å²) in [6.07, 6.45) is 1.87. The number of benzene rings is 3. The number of piperazine rings is 1. The first-order chi connectivity index (χ1) is 21.6. The molecule has 1 fully saturated rings. The van der Waals surface area contributed by atoms with Gasteiger partial charge in [-0.2, -0.15) is 0 Å². The first-order valence-corrected chi connectivity index (χ1v) is 15.1. The molecule has 0 aliphatic carbocycles. The first kappa shape index (κ1) is 31.5. The van der Waals surface area contributed by atoms with Crippen LogP contribution in [0.4, 0.5) is 20.6 Å². The average Bonchev–Trinajstić information content (AvgIpc) is 3.47. The zero-order chi connectivity index (χ0) is 32.1. The normalized spacial score (nSPS) is 14.7. The highest BCUT2D eigenvalue weighted by Gasteiger charge is 2.33. The van der Waals surface area contributed by atoms with Gasteiger partial charge in [0, 0.05) is 68.5 Å². The van der Waals surface area contributed by atoms with E-state index in [0.29, 0.717) is 44.0 Å². The highest BCUT2D eigenvalue weighted by Crippen LogP contribution is 2.29. The summed E-state index contributed by atoms with van der Waals surface area (Å²) >= 11 is 0. The number of hydrogen-bond donors (Lipinski definition) is 4. The van der Waals surface area contributed by atoms with Crippen molar-refractivity contribution in [2.75, 3.05) is 57.5 Å². The minimum atomic E-state index is -0.957. The van der Waals surface area contributed by atoms with E-state index >= 15 is 0 Å². The van der Waals surface area contributed by atoms with Gasteiger partial charge in [0.2, 0.25) is 5.91 Å². The van der Waals surface area contributed by atoms with Crippen LogP contribution in [0.1, 0.15) is 34.3 Å². The number of hydrogen-bond acceptors (Lipinski definition) is 5. The second kappa shape index (κ2) is 13.8. The molecule has 0 spiro atoms. The molecule has 4 N–H and O–H groups in total. The third-order valence-electron chi connectivity index (χ3n) is 8.24. The fraction of sp³-hybridized carbons (Fsp3) is 0.324. The van der Waals surface area contributed by atoms with Crippen LogP contribution in [0.15, 0.2) is 72.9 Å². The van der Waals surface area contributed by atoms with Gasteiger partial charge in [0.25, 0.3) is 5.91 Å².